The van der Waals surface area contributed by atoms with Crippen molar-refractivity contribution in [2.45, 2.75) is 0 Å². The average molecular weight is 408 g/mol. The Balaban J connectivity index is 1.72. The van der Waals surface area contributed by atoms with Crippen LogP contribution in [0.4, 0.5) is 4.39 Å². The lowest BCUT2D eigenvalue weighted by Gasteiger charge is -2.08. The van der Waals surface area contributed by atoms with Crippen LogP contribution in [0.1, 0.15) is 5.56 Å². The van der Waals surface area contributed by atoms with Gasteiger partial charge in [-0.1, -0.05) is 11.3 Å². The van der Waals surface area contributed by atoms with Gasteiger partial charge in [-0.3, -0.25) is 0 Å². The van der Waals surface area contributed by atoms with Gasteiger partial charge >= 0.3 is 6.01 Å². The van der Waals surface area contributed by atoms with Gasteiger partial charge in [-0.05, 0) is 42.5 Å². The van der Waals surface area contributed by atoms with Gasteiger partial charge in [0.25, 0.3) is 0 Å². The Morgan fingerprint density at radius 2 is 1.79 bits per heavy atom. The van der Waals surface area contributed by atoms with Gasteiger partial charge in [-0.15, -0.1) is 0 Å². The molecule has 0 saturated carbocycles. The number of nitriles is 1. The molecule has 144 valence electrons. The highest BCUT2D eigenvalue weighted by atomic mass is 32.1. The van der Waals surface area contributed by atoms with Gasteiger partial charge in [0, 0.05) is 5.56 Å². The highest BCUT2D eigenvalue weighted by molar-refractivity contribution is 7.21. The van der Waals surface area contributed by atoms with Crippen LogP contribution in [0.25, 0.3) is 20.9 Å². The van der Waals surface area contributed by atoms with Gasteiger partial charge in [0.1, 0.15) is 28.4 Å². The molecule has 0 spiro atoms. The van der Waals surface area contributed by atoms with E-state index in [1.807, 2.05) is 0 Å². The number of ether oxygens (including phenoxy) is 3. The number of benzene rings is 2. The molecule has 7 nitrogen and oxygen atoms in total. The van der Waals surface area contributed by atoms with Crippen molar-refractivity contribution in [2.24, 2.45) is 0 Å². The Labute approximate surface area is 169 Å². The molecule has 0 bridgehead atoms. The molecule has 2 aromatic heterocycles. The van der Waals surface area contributed by atoms with Crippen LogP contribution >= 0.6 is 11.3 Å². The second-order valence-electron chi connectivity index (χ2n) is 5.77. The van der Waals surface area contributed by atoms with Crippen LogP contribution in [0.3, 0.4) is 0 Å². The molecule has 0 aliphatic carbocycles. The molecule has 0 radical (unpaired) electrons. The first-order chi connectivity index (χ1) is 14.1. The first-order valence-corrected chi connectivity index (χ1v) is 9.17. The quantitative estimate of drug-likeness (QED) is 0.478. The summed E-state index contributed by atoms with van der Waals surface area (Å²) < 4.78 is 29.1. The van der Waals surface area contributed by atoms with E-state index >= 15 is 0 Å². The van der Waals surface area contributed by atoms with Gasteiger partial charge in [0.15, 0.2) is 10.3 Å². The number of nitrogens with zero attached hydrogens (tertiary/aromatic N) is 4. The molecule has 0 saturated heterocycles. The van der Waals surface area contributed by atoms with Crippen LogP contribution in [0, 0.1) is 17.1 Å². The van der Waals surface area contributed by atoms with Crippen molar-refractivity contribution in [3.8, 4) is 40.0 Å². The van der Waals surface area contributed by atoms with Crippen molar-refractivity contribution in [1.82, 2.24) is 15.0 Å². The summed E-state index contributed by atoms with van der Waals surface area (Å²) in [4.78, 5) is 13.6. The van der Waals surface area contributed by atoms with E-state index in [-0.39, 0.29) is 11.8 Å². The van der Waals surface area contributed by atoms with E-state index in [1.54, 1.807) is 18.2 Å². The smallest absolute Gasteiger partial charge is 0.320 e. The fourth-order valence-electron chi connectivity index (χ4n) is 2.60. The van der Waals surface area contributed by atoms with Gasteiger partial charge in [0.2, 0.25) is 5.88 Å². The molecule has 4 aromatic rings. The Morgan fingerprint density at radius 1 is 1.00 bits per heavy atom. The molecular formula is C20H13FN4O3S. The third-order valence-corrected chi connectivity index (χ3v) is 4.97. The number of thiazole rings is 1. The minimum absolute atomic E-state index is 0.185. The van der Waals surface area contributed by atoms with E-state index in [0.29, 0.717) is 38.3 Å². The highest BCUT2D eigenvalue weighted by Gasteiger charge is 2.17. The molecule has 29 heavy (non-hydrogen) atoms. The van der Waals surface area contributed by atoms with E-state index in [9.17, 15) is 9.65 Å². The summed E-state index contributed by atoms with van der Waals surface area (Å²) in [5.41, 5.74) is 1.55. The van der Waals surface area contributed by atoms with Crippen LogP contribution in [0.15, 0.2) is 42.5 Å². The predicted molar refractivity (Wildman–Crippen MR) is 105 cm³/mol. The molecule has 2 aromatic carbocycles. The van der Waals surface area contributed by atoms with E-state index in [0.717, 1.165) is 5.56 Å². The van der Waals surface area contributed by atoms with Gasteiger partial charge < -0.3 is 14.2 Å². The maximum Gasteiger partial charge on any atom is 0.320 e. The molecule has 0 atom stereocenters. The Kier molecular flexibility index (Phi) is 4.93. The van der Waals surface area contributed by atoms with Crippen molar-refractivity contribution < 1.29 is 18.6 Å². The second-order valence-corrected chi connectivity index (χ2v) is 6.75. The molecular weight excluding hydrogens is 395 g/mol. The average Bonchev–Trinajstić information content (AvgIpc) is 3.19. The van der Waals surface area contributed by atoms with Gasteiger partial charge in [-0.2, -0.15) is 15.2 Å². The van der Waals surface area contributed by atoms with Gasteiger partial charge in [-0.25, -0.2) is 9.37 Å². The highest BCUT2D eigenvalue weighted by Crippen LogP contribution is 2.36. The molecule has 0 N–H and O–H groups in total. The monoisotopic (exact) mass is 408 g/mol. The normalized spacial score (nSPS) is 10.6. The van der Waals surface area contributed by atoms with Crippen molar-refractivity contribution in [3.05, 3.63) is 53.8 Å². The zero-order valence-corrected chi connectivity index (χ0v) is 16.2. The van der Waals surface area contributed by atoms with Crippen molar-refractivity contribution in [2.75, 3.05) is 14.2 Å². The van der Waals surface area contributed by atoms with E-state index in [1.165, 1.54) is 49.8 Å². The lowest BCUT2D eigenvalue weighted by atomic mass is 10.1. The number of hydrogen-bond acceptors (Lipinski definition) is 8. The van der Waals surface area contributed by atoms with Crippen LogP contribution < -0.4 is 14.2 Å². The second kappa shape index (κ2) is 7.69. The Hall–Kier alpha value is -3.77. The van der Waals surface area contributed by atoms with Crippen LogP contribution in [0.2, 0.25) is 0 Å². The van der Waals surface area contributed by atoms with E-state index in [2.05, 4.69) is 21.0 Å². The minimum atomic E-state index is -0.362. The first-order valence-electron chi connectivity index (χ1n) is 8.35. The third-order valence-electron chi connectivity index (χ3n) is 3.97. The number of rotatable bonds is 5. The van der Waals surface area contributed by atoms with Crippen molar-refractivity contribution in [1.29, 1.82) is 5.26 Å². The summed E-state index contributed by atoms with van der Waals surface area (Å²) in [6.45, 7) is 0. The third kappa shape index (κ3) is 3.66. The molecule has 4 rings (SSSR count). The first kappa shape index (κ1) is 18.6. The summed E-state index contributed by atoms with van der Waals surface area (Å²) in [7, 11) is 2.97. The van der Waals surface area contributed by atoms with Crippen LogP contribution in [-0.4, -0.2) is 29.2 Å². The maximum absolute atomic E-state index is 13.1. The summed E-state index contributed by atoms with van der Waals surface area (Å²) >= 11 is 1.33. The number of aromatic nitrogens is 3. The zero-order chi connectivity index (χ0) is 20.4. The molecule has 0 aliphatic rings. The topological polar surface area (TPSA) is 90.1 Å². The zero-order valence-electron chi connectivity index (χ0n) is 15.3. The SMILES string of the molecule is COc1nc(OC)c2nc(-c3ccc(Oc4ccc(F)cc4)c(C#N)c3)sc2n1. The lowest BCUT2D eigenvalue weighted by molar-refractivity contribution is 0.356. The fourth-order valence-corrected chi connectivity index (χ4v) is 3.52. The minimum Gasteiger partial charge on any atom is -0.479 e. The lowest BCUT2D eigenvalue weighted by Crippen LogP contribution is -1.95. The van der Waals surface area contributed by atoms with Crippen LogP contribution in [-0.2, 0) is 0 Å². The van der Waals surface area contributed by atoms with Crippen molar-refractivity contribution in [3.63, 3.8) is 0 Å². The standard InChI is InChI=1S/C20H13FN4O3S/c1-26-17-16-19(25-20(24-17)27-2)29-18(23-16)11-3-8-15(12(9-11)10-22)28-14-6-4-13(21)5-7-14/h3-9H,1-2H3. The molecule has 0 fully saturated rings. The summed E-state index contributed by atoms with van der Waals surface area (Å²) in [5.74, 6) is 0.746. The summed E-state index contributed by atoms with van der Waals surface area (Å²) in [6.07, 6.45) is 0. The molecule has 9 heteroatoms. The predicted octanol–water partition coefficient (Wildman–Crippen LogP) is 4.57. The number of halogens is 1. The molecule has 0 amide bonds. The summed E-state index contributed by atoms with van der Waals surface area (Å²) in [6, 6.07) is 13.0. The Bertz CT molecular complexity index is 1240. The maximum atomic E-state index is 13.1. The number of fused-ring (bicyclic) bond motifs is 1. The van der Waals surface area contributed by atoms with Gasteiger partial charge in [0.05, 0.1) is 19.8 Å². The molecule has 2 heterocycles. The Morgan fingerprint density at radius 3 is 2.48 bits per heavy atom. The molecule has 0 unspecified atom stereocenters. The summed E-state index contributed by atoms with van der Waals surface area (Å²) in [5, 5.41) is 10.2. The number of hydrogen-bond donors (Lipinski definition) is 0. The van der Waals surface area contributed by atoms with E-state index in [4.69, 9.17) is 14.2 Å². The largest absolute Gasteiger partial charge is 0.479 e. The van der Waals surface area contributed by atoms with Crippen LogP contribution in [0.5, 0.6) is 23.4 Å². The molecule has 0 aliphatic heterocycles. The van der Waals surface area contributed by atoms with Crippen molar-refractivity contribution >= 4 is 21.7 Å². The van der Waals surface area contributed by atoms with E-state index < -0.39 is 0 Å². The number of methoxy groups -OCH3 is 2. The fraction of sp³-hybridized carbons (Fsp3) is 0.100.